The molecule has 0 aliphatic rings. The number of fused-ring (bicyclic) bond motifs is 1. The van der Waals surface area contributed by atoms with Crippen LogP contribution in [0.4, 0.5) is 5.69 Å². The quantitative estimate of drug-likeness (QED) is 0.844. The second-order valence-electron chi connectivity index (χ2n) is 4.33. The zero-order chi connectivity index (χ0) is 13.7. The van der Waals surface area contributed by atoms with Crippen molar-refractivity contribution in [3.8, 4) is 0 Å². The average Bonchev–Trinajstić information content (AvgIpc) is 2.40. The van der Waals surface area contributed by atoms with Crippen molar-refractivity contribution < 1.29 is 5.11 Å². The highest BCUT2D eigenvalue weighted by molar-refractivity contribution is 9.10. The molecule has 1 heterocycles. The second-order valence-corrected chi connectivity index (χ2v) is 6.16. The van der Waals surface area contributed by atoms with Crippen LogP contribution in [-0.2, 0) is 0 Å². The molecule has 0 fully saturated rings. The summed E-state index contributed by atoms with van der Waals surface area (Å²) in [5.41, 5.74) is 2.04. The Hall–Kier alpha value is -0.780. The summed E-state index contributed by atoms with van der Waals surface area (Å²) in [6.45, 7) is 0.199. The summed E-state index contributed by atoms with van der Waals surface area (Å²) in [7, 11) is 0. The monoisotopic (exact) mass is 340 g/mol. The predicted molar refractivity (Wildman–Crippen MR) is 86.9 cm³/mol. The van der Waals surface area contributed by atoms with E-state index in [1.165, 1.54) is 0 Å². The van der Waals surface area contributed by atoms with Crippen LogP contribution in [0.3, 0.4) is 0 Å². The van der Waals surface area contributed by atoms with Crippen molar-refractivity contribution in [3.05, 3.63) is 34.9 Å². The van der Waals surface area contributed by atoms with Gasteiger partial charge in [0, 0.05) is 40.1 Å². The van der Waals surface area contributed by atoms with Crippen molar-refractivity contribution in [2.75, 3.05) is 23.9 Å². The third-order valence-corrected chi connectivity index (χ3v) is 4.14. The molecule has 1 aromatic heterocycles. The maximum absolute atomic E-state index is 9.13. The van der Waals surface area contributed by atoms with Gasteiger partial charge in [0.1, 0.15) is 0 Å². The Balaban J connectivity index is 2.30. The Morgan fingerprint density at radius 2 is 2.26 bits per heavy atom. The number of nitrogens with one attached hydrogen (secondary N) is 1. The number of aliphatic hydroxyl groups excluding tert-OH is 1. The standard InChI is InChI=1S/C14H17BrN2OS/c1-19-9-11(5-7-18)17-14-4-6-16-13-3-2-10(15)8-12(13)14/h2-4,6,8,11,18H,5,7,9H2,1H3,(H,16,17). The number of aromatic nitrogens is 1. The molecule has 1 aromatic carbocycles. The summed E-state index contributed by atoms with van der Waals surface area (Å²) in [6, 6.07) is 8.32. The van der Waals surface area contributed by atoms with Gasteiger partial charge in [-0.05, 0) is 36.9 Å². The number of thioether (sulfide) groups is 1. The van der Waals surface area contributed by atoms with Crippen LogP contribution in [0.2, 0.25) is 0 Å². The Kier molecular flexibility index (Phi) is 5.48. The fourth-order valence-corrected chi connectivity index (χ4v) is 3.03. The van der Waals surface area contributed by atoms with E-state index in [4.69, 9.17) is 5.11 Å². The summed E-state index contributed by atoms with van der Waals surface area (Å²) in [4.78, 5) is 4.37. The largest absolute Gasteiger partial charge is 0.396 e. The summed E-state index contributed by atoms with van der Waals surface area (Å²) in [5.74, 6) is 0.971. The number of hydrogen-bond acceptors (Lipinski definition) is 4. The fourth-order valence-electron chi connectivity index (χ4n) is 2.02. The average molecular weight is 341 g/mol. The minimum Gasteiger partial charge on any atom is -0.396 e. The molecular weight excluding hydrogens is 324 g/mol. The van der Waals surface area contributed by atoms with Crippen LogP contribution in [0.5, 0.6) is 0 Å². The van der Waals surface area contributed by atoms with E-state index in [-0.39, 0.29) is 12.6 Å². The van der Waals surface area contributed by atoms with Crippen molar-refractivity contribution in [2.45, 2.75) is 12.5 Å². The summed E-state index contributed by atoms with van der Waals surface area (Å²) in [5, 5.41) is 13.7. The molecule has 0 bridgehead atoms. The molecule has 19 heavy (non-hydrogen) atoms. The van der Waals surface area contributed by atoms with Crippen LogP contribution in [0.1, 0.15) is 6.42 Å². The van der Waals surface area contributed by atoms with Gasteiger partial charge in [-0.2, -0.15) is 11.8 Å². The first-order valence-electron chi connectivity index (χ1n) is 6.15. The van der Waals surface area contributed by atoms with Crippen LogP contribution >= 0.6 is 27.7 Å². The van der Waals surface area contributed by atoms with E-state index >= 15 is 0 Å². The van der Waals surface area contributed by atoms with Crippen LogP contribution in [-0.4, -0.2) is 34.7 Å². The summed E-state index contributed by atoms with van der Waals surface area (Å²) in [6.07, 6.45) is 4.64. The van der Waals surface area contributed by atoms with Gasteiger partial charge in [0.2, 0.25) is 0 Å². The molecule has 0 saturated carbocycles. The maximum Gasteiger partial charge on any atom is 0.0723 e. The summed E-state index contributed by atoms with van der Waals surface area (Å²) < 4.78 is 1.04. The first kappa shape index (κ1) is 14.6. The lowest BCUT2D eigenvalue weighted by atomic mass is 10.1. The van der Waals surface area contributed by atoms with E-state index in [2.05, 4.69) is 38.6 Å². The number of hydrogen-bond donors (Lipinski definition) is 2. The fraction of sp³-hybridized carbons (Fsp3) is 0.357. The Morgan fingerprint density at radius 3 is 3.00 bits per heavy atom. The number of halogens is 1. The summed E-state index contributed by atoms with van der Waals surface area (Å²) >= 11 is 5.27. The highest BCUT2D eigenvalue weighted by atomic mass is 79.9. The molecule has 0 aliphatic heterocycles. The minimum atomic E-state index is 0.199. The molecule has 2 aromatic rings. The zero-order valence-electron chi connectivity index (χ0n) is 10.8. The van der Waals surface area contributed by atoms with Crippen LogP contribution in [0, 0.1) is 0 Å². The van der Waals surface area contributed by atoms with Crippen molar-refractivity contribution in [2.24, 2.45) is 0 Å². The van der Waals surface area contributed by atoms with E-state index in [0.29, 0.717) is 0 Å². The smallest absolute Gasteiger partial charge is 0.0723 e. The first-order chi connectivity index (χ1) is 9.24. The number of rotatable bonds is 6. The van der Waals surface area contributed by atoms with Crippen molar-refractivity contribution in [3.63, 3.8) is 0 Å². The second kappa shape index (κ2) is 7.12. The molecule has 5 heteroatoms. The van der Waals surface area contributed by atoms with E-state index in [1.54, 1.807) is 11.8 Å². The minimum absolute atomic E-state index is 0.199. The van der Waals surface area contributed by atoms with Gasteiger partial charge in [0.05, 0.1) is 5.52 Å². The van der Waals surface area contributed by atoms with E-state index in [9.17, 15) is 0 Å². The predicted octanol–water partition coefficient (Wildman–Crippen LogP) is 3.52. The Bertz CT molecular complexity index is 544. The van der Waals surface area contributed by atoms with Crippen LogP contribution in [0.25, 0.3) is 10.9 Å². The van der Waals surface area contributed by atoms with Gasteiger partial charge in [0.15, 0.2) is 0 Å². The number of nitrogens with zero attached hydrogens (tertiary/aromatic N) is 1. The lowest BCUT2D eigenvalue weighted by Crippen LogP contribution is -2.23. The third-order valence-electron chi connectivity index (χ3n) is 2.91. The van der Waals surface area contributed by atoms with E-state index in [1.807, 2.05) is 24.4 Å². The molecule has 102 valence electrons. The molecule has 1 atom stereocenters. The number of benzene rings is 1. The van der Waals surface area contributed by atoms with Crippen molar-refractivity contribution in [1.82, 2.24) is 4.98 Å². The van der Waals surface area contributed by atoms with Gasteiger partial charge in [-0.1, -0.05) is 15.9 Å². The molecule has 3 nitrogen and oxygen atoms in total. The maximum atomic E-state index is 9.13. The molecule has 2 N–H and O–H groups in total. The topological polar surface area (TPSA) is 45.1 Å². The molecule has 2 rings (SSSR count). The van der Waals surface area contributed by atoms with Gasteiger partial charge < -0.3 is 10.4 Å². The molecular formula is C14H17BrN2OS. The normalized spacial score (nSPS) is 12.6. The third kappa shape index (κ3) is 3.84. The van der Waals surface area contributed by atoms with Gasteiger partial charge in [-0.25, -0.2) is 0 Å². The van der Waals surface area contributed by atoms with E-state index in [0.717, 1.165) is 33.2 Å². The Labute approximate surface area is 125 Å². The van der Waals surface area contributed by atoms with Crippen molar-refractivity contribution in [1.29, 1.82) is 0 Å². The molecule has 0 spiro atoms. The van der Waals surface area contributed by atoms with Crippen LogP contribution in [0.15, 0.2) is 34.9 Å². The van der Waals surface area contributed by atoms with Gasteiger partial charge in [-0.15, -0.1) is 0 Å². The lowest BCUT2D eigenvalue weighted by molar-refractivity contribution is 0.282. The number of pyridine rings is 1. The molecule has 1 unspecified atom stereocenters. The van der Waals surface area contributed by atoms with Gasteiger partial charge in [0.25, 0.3) is 0 Å². The lowest BCUT2D eigenvalue weighted by Gasteiger charge is -2.19. The van der Waals surface area contributed by atoms with Gasteiger partial charge >= 0.3 is 0 Å². The number of anilines is 1. The highest BCUT2D eigenvalue weighted by Crippen LogP contribution is 2.26. The molecule has 0 radical (unpaired) electrons. The van der Waals surface area contributed by atoms with Crippen LogP contribution < -0.4 is 5.32 Å². The first-order valence-corrected chi connectivity index (χ1v) is 8.34. The zero-order valence-corrected chi connectivity index (χ0v) is 13.2. The Morgan fingerprint density at radius 1 is 1.42 bits per heavy atom. The SMILES string of the molecule is CSCC(CCO)Nc1ccnc2ccc(Br)cc12. The molecule has 0 amide bonds. The van der Waals surface area contributed by atoms with Gasteiger partial charge in [-0.3, -0.25) is 4.98 Å². The number of aliphatic hydroxyl groups is 1. The van der Waals surface area contributed by atoms with Crippen molar-refractivity contribution >= 4 is 44.3 Å². The van der Waals surface area contributed by atoms with E-state index < -0.39 is 0 Å². The molecule has 0 saturated heterocycles. The molecule has 0 aliphatic carbocycles. The highest BCUT2D eigenvalue weighted by Gasteiger charge is 2.10.